The monoisotopic (exact) mass is 372 g/mol. The molecule has 0 N–H and O–H groups in total. The van der Waals surface area contributed by atoms with Crippen molar-refractivity contribution < 1.29 is 35.6 Å². The topological polar surface area (TPSA) is 0 Å². The summed E-state index contributed by atoms with van der Waals surface area (Å²) >= 11 is 0. The third kappa shape index (κ3) is 13.1. The van der Waals surface area contributed by atoms with E-state index < -0.39 is 0 Å². The molecule has 0 nitrogen and oxygen atoms in total. The van der Waals surface area contributed by atoms with Crippen molar-refractivity contribution in [2.75, 3.05) is 0 Å². The molecule has 0 saturated heterocycles. The maximum atomic E-state index is 3.30. The summed E-state index contributed by atoms with van der Waals surface area (Å²) in [6.07, 6.45) is 25.1. The SMILES string of the molecule is CCCCC1=[C-]CC=C1.CCCCC1=[C-]CC=C1.F.F.[Zr+2]. The Morgan fingerprint density at radius 3 is 1.43 bits per heavy atom. The number of unbranched alkanes of at least 4 members (excludes halogenated alkanes) is 2. The van der Waals surface area contributed by atoms with E-state index in [1.807, 2.05) is 0 Å². The Kier molecular flexibility index (Phi) is 21.7. The number of halogens is 2. The number of rotatable bonds is 6. The van der Waals surface area contributed by atoms with Crippen LogP contribution in [0, 0.1) is 12.2 Å². The van der Waals surface area contributed by atoms with Crippen molar-refractivity contribution in [2.24, 2.45) is 0 Å². The van der Waals surface area contributed by atoms with Crippen LogP contribution in [0.3, 0.4) is 0 Å². The van der Waals surface area contributed by atoms with Crippen LogP contribution in [0.5, 0.6) is 0 Å². The first-order valence-corrected chi connectivity index (χ1v) is 7.39. The second kappa shape index (κ2) is 17.8. The van der Waals surface area contributed by atoms with Gasteiger partial charge in [0.1, 0.15) is 0 Å². The molecule has 0 heterocycles. The first kappa shape index (κ1) is 25.6. The van der Waals surface area contributed by atoms with Crippen molar-refractivity contribution in [2.45, 2.75) is 65.2 Å². The molecule has 0 radical (unpaired) electrons. The molecule has 0 aliphatic heterocycles. The van der Waals surface area contributed by atoms with Gasteiger partial charge in [0.2, 0.25) is 0 Å². The van der Waals surface area contributed by atoms with Crippen molar-refractivity contribution in [3.05, 3.63) is 47.6 Å². The van der Waals surface area contributed by atoms with Gasteiger partial charge in [-0.25, -0.2) is 23.3 Å². The van der Waals surface area contributed by atoms with E-state index in [0.717, 1.165) is 12.8 Å². The summed E-state index contributed by atoms with van der Waals surface area (Å²) in [5.41, 5.74) is 2.83. The first-order chi connectivity index (χ1) is 8.86. The van der Waals surface area contributed by atoms with Gasteiger partial charge in [-0.1, -0.05) is 52.4 Å². The number of hydrogen-bond donors (Lipinski definition) is 0. The normalized spacial score (nSPS) is 14.0. The van der Waals surface area contributed by atoms with Gasteiger partial charge in [-0.05, 0) is 0 Å². The van der Waals surface area contributed by atoms with E-state index >= 15 is 0 Å². The zero-order valence-electron chi connectivity index (χ0n) is 13.3. The third-order valence-electron chi connectivity index (χ3n) is 3.13. The van der Waals surface area contributed by atoms with E-state index in [0.29, 0.717) is 0 Å². The zero-order valence-corrected chi connectivity index (χ0v) is 15.7. The summed E-state index contributed by atoms with van der Waals surface area (Å²) in [7, 11) is 0. The molecule has 0 saturated carbocycles. The van der Waals surface area contributed by atoms with E-state index in [1.165, 1.54) is 49.7 Å². The molecule has 3 heteroatoms. The fourth-order valence-electron chi connectivity index (χ4n) is 1.98. The molecule has 0 aromatic carbocycles. The fraction of sp³-hybridized carbons (Fsp3) is 0.556. The summed E-state index contributed by atoms with van der Waals surface area (Å²) in [5, 5.41) is 0. The summed E-state index contributed by atoms with van der Waals surface area (Å²) in [6.45, 7) is 4.44. The molecule has 0 bridgehead atoms. The molecular formula is C18H28F2Zr. The molecule has 0 aromatic rings. The maximum Gasteiger partial charge on any atom is 2.00 e. The quantitative estimate of drug-likeness (QED) is 0.498. The molecule has 0 unspecified atom stereocenters. The van der Waals surface area contributed by atoms with Crippen molar-refractivity contribution in [1.29, 1.82) is 0 Å². The van der Waals surface area contributed by atoms with Gasteiger partial charge in [-0.15, -0.1) is 12.8 Å². The second-order valence-corrected chi connectivity index (χ2v) is 4.82. The van der Waals surface area contributed by atoms with Gasteiger partial charge in [0.15, 0.2) is 0 Å². The standard InChI is InChI=1S/2C9H13.2FH.Zr/c2*1-2-3-6-9-7-4-5-8-9;;;/h2*4,7H,2-3,5-6H2,1H3;2*1H;/q2*-1;;;+2. The first-order valence-electron chi connectivity index (χ1n) is 7.39. The van der Waals surface area contributed by atoms with E-state index in [4.69, 9.17) is 0 Å². The van der Waals surface area contributed by atoms with Gasteiger partial charge >= 0.3 is 26.2 Å². The van der Waals surface area contributed by atoms with Gasteiger partial charge in [-0.2, -0.15) is 12.2 Å². The van der Waals surface area contributed by atoms with E-state index in [1.54, 1.807) is 0 Å². The van der Waals surface area contributed by atoms with Crippen molar-refractivity contribution >= 4 is 0 Å². The summed E-state index contributed by atoms with van der Waals surface area (Å²) < 4.78 is 0. The molecule has 2 aliphatic rings. The van der Waals surface area contributed by atoms with Gasteiger partial charge in [0.05, 0.1) is 0 Å². The van der Waals surface area contributed by atoms with Crippen LogP contribution in [-0.2, 0) is 26.2 Å². The Morgan fingerprint density at radius 1 is 0.810 bits per heavy atom. The van der Waals surface area contributed by atoms with Crippen LogP contribution in [0.4, 0.5) is 9.41 Å². The molecule has 2 aliphatic carbocycles. The molecule has 2 rings (SSSR count). The molecule has 0 amide bonds. The fourth-order valence-corrected chi connectivity index (χ4v) is 1.98. The molecular weight excluding hydrogens is 345 g/mol. The van der Waals surface area contributed by atoms with Crippen LogP contribution in [0.2, 0.25) is 0 Å². The summed E-state index contributed by atoms with van der Waals surface area (Å²) in [6, 6.07) is 0. The Labute approximate surface area is 148 Å². The van der Waals surface area contributed by atoms with Gasteiger partial charge in [-0.3, -0.25) is 21.6 Å². The average Bonchev–Trinajstić information content (AvgIpc) is 3.07. The molecule has 21 heavy (non-hydrogen) atoms. The van der Waals surface area contributed by atoms with E-state index in [2.05, 4.69) is 50.3 Å². The van der Waals surface area contributed by atoms with E-state index in [-0.39, 0.29) is 35.6 Å². The Morgan fingerprint density at radius 2 is 1.19 bits per heavy atom. The third-order valence-corrected chi connectivity index (χ3v) is 3.13. The van der Waals surface area contributed by atoms with Gasteiger partial charge in [0, 0.05) is 0 Å². The predicted octanol–water partition coefficient (Wildman–Crippen LogP) is 6.03. The van der Waals surface area contributed by atoms with Crippen molar-refractivity contribution in [3.8, 4) is 0 Å². The van der Waals surface area contributed by atoms with Crippen molar-refractivity contribution in [3.63, 3.8) is 0 Å². The summed E-state index contributed by atoms with van der Waals surface area (Å²) in [5.74, 6) is 0. The summed E-state index contributed by atoms with van der Waals surface area (Å²) in [4.78, 5) is 0. The smallest absolute Gasteiger partial charge is 0.269 e. The maximum absolute atomic E-state index is 3.30. The van der Waals surface area contributed by atoms with Gasteiger partial charge < -0.3 is 0 Å². The zero-order chi connectivity index (χ0) is 13.1. The van der Waals surface area contributed by atoms with Crippen LogP contribution < -0.4 is 0 Å². The van der Waals surface area contributed by atoms with E-state index in [9.17, 15) is 0 Å². The Balaban J connectivity index is -0.000000270. The molecule has 0 spiro atoms. The van der Waals surface area contributed by atoms with Crippen LogP contribution in [0.15, 0.2) is 35.5 Å². The Bertz CT molecular complexity index is 307. The van der Waals surface area contributed by atoms with Crippen LogP contribution in [0.1, 0.15) is 65.2 Å². The minimum atomic E-state index is 0. The predicted molar refractivity (Wildman–Crippen MR) is 85.1 cm³/mol. The van der Waals surface area contributed by atoms with Crippen molar-refractivity contribution in [1.82, 2.24) is 0 Å². The number of hydrogen-bond acceptors (Lipinski definition) is 0. The van der Waals surface area contributed by atoms with Gasteiger partial charge in [0.25, 0.3) is 0 Å². The second-order valence-electron chi connectivity index (χ2n) is 4.82. The van der Waals surface area contributed by atoms with Crippen LogP contribution >= 0.6 is 0 Å². The molecule has 118 valence electrons. The van der Waals surface area contributed by atoms with Crippen LogP contribution in [0.25, 0.3) is 0 Å². The minimum absolute atomic E-state index is 0. The molecule has 0 fully saturated rings. The minimum Gasteiger partial charge on any atom is -0.269 e. The largest absolute Gasteiger partial charge is 2.00 e. The Hall–Kier alpha value is -0.297. The number of allylic oxidation sites excluding steroid dienone is 8. The van der Waals surface area contributed by atoms with Crippen LogP contribution in [-0.4, -0.2) is 0 Å². The average molecular weight is 374 g/mol. The molecule has 0 aromatic heterocycles. The molecule has 0 atom stereocenters.